The molecule has 0 saturated heterocycles. The van der Waals surface area contributed by atoms with Crippen LogP contribution in [0.3, 0.4) is 0 Å². The topological polar surface area (TPSA) is 35.5 Å². The highest BCUT2D eigenvalue weighted by Gasteiger charge is 2.04. The van der Waals surface area contributed by atoms with Crippen LogP contribution in [0.1, 0.15) is 13.8 Å². The molecule has 0 aromatic carbocycles. The van der Waals surface area contributed by atoms with E-state index in [0.717, 1.165) is 0 Å². The van der Waals surface area contributed by atoms with Crippen molar-refractivity contribution in [2.75, 3.05) is 7.11 Å². The van der Waals surface area contributed by atoms with Crippen LogP contribution in [0, 0.1) is 11.8 Å². The van der Waals surface area contributed by atoms with Gasteiger partial charge >= 0.3 is 6.16 Å². The van der Waals surface area contributed by atoms with Crippen LogP contribution in [-0.4, -0.2) is 19.4 Å². The fourth-order valence-corrected chi connectivity index (χ4v) is 0.425. The summed E-state index contributed by atoms with van der Waals surface area (Å²) in [4.78, 5) is 10.4. The molecule has 3 nitrogen and oxygen atoms in total. The van der Waals surface area contributed by atoms with Crippen molar-refractivity contribution in [2.24, 2.45) is 0 Å². The zero-order valence-electron chi connectivity index (χ0n) is 6.30. The van der Waals surface area contributed by atoms with Crippen molar-refractivity contribution in [1.29, 1.82) is 0 Å². The Hall–Kier alpha value is -1.17. The molecule has 0 heterocycles. The molecule has 0 spiro atoms. The molecule has 0 aliphatic carbocycles. The van der Waals surface area contributed by atoms with Gasteiger partial charge in [-0.1, -0.05) is 5.92 Å². The molecule has 0 aliphatic rings. The molecule has 0 aromatic heterocycles. The minimum absolute atomic E-state index is 0.391. The van der Waals surface area contributed by atoms with Crippen molar-refractivity contribution in [3.63, 3.8) is 0 Å². The van der Waals surface area contributed by atoms with Gasteiger partial charge in [0.25, 0.3) is 0 Å². The molecule has 0 radical (unpaired) electrons. The van der Waals surface area contributed by atoms with Gasteiger partial charge in [-0.3, -0.25) is 0 Å². The summed E-state index contributed by atoms with van der Waals surface area (Å²) in [5, 5.41) is 0. The molecule has 0 saturated carbocycles. The largest absolute Gasteiger partial charge is 0.509 e. The van der Waals surface area contributed by atoms with Gasteiger partial charge < -0.3 is 9.47 Å². The lowest BCUT2D eigenvalue weighted by molar-refractivity contribution is 0.0604. The van der Waals surface area contributed by atoms with Gasteiger partial charge in [-0.05, 0) is 13.8 Å². The zero-order chi connectivity index (χ0) is 7.98. The molecule has 10 heavy (non-hydrogen) atoms. The molecular weight excluding hydrogens is 132 g/mol. The first kappa shape index (κ1) is 8.83. The summed E-state index contributed by atoms with van der Waals surface area (Å²) in [6.07, 6.45) is -1.09. The highest BCUT2D eigenvalue weighted by molar-refractivity contribution is 5.60. The Bertz CT molecular complexity index is 163. The molecule has 0 aromatic rings. The predicted molar refractivity (Wildman–Crippen MR) is 36.4 cm³/mol. The number of hydrogen-bond donors (Lipinski definition) is 0. The van der Waals surface area contributed by atoms with Crippen molar-refractivity contribution >= 4 is 6.16 Å². The third-order valence-electron chi connectivity index (χ3n) is 0.787. The molecule has 0 N–H and O–H groups in total. The molecule has 1 atom stereocenters. The van der Waals surface area contributed by atoms with E-state index in [4.69, 9.17) is 0 Å². The third kappa shape index (κ3) is 3.79. The van der Waals surface area contributed by atoms with Crippen LogP contribution in [0.2, 0.25) is 0 Å². The molecule has 0 bridgehead atoms. The van der Waals surface area contributed by atoms with Crippen LogP contribution in [-0.2, 0) is 9.47 Å². The smallest absolute Gasteiger partial charge is 0.438 e. The fraction of sp³-hybridized carbons (Fsp3) is 0.571. The van der Waals surface area contributed by atoms with Crippen molar-refractivity contribution in [1.82, 2.24) is 0 Å². The van der Waals surface area contributed by atoms with Crippen LogP contribution in [0.4, 0.5) is 4.79 Å². The predicted octanol–water partition coefficient (Wildman–Crippen LogP) is 1.18. The maximum Gasteiger partial charge on any atom is 0.509 e. The summed E-state index contributed by atoms with van der Waals surface area (Å²) in [6, 6.07) is 0. The first-order valence-corrected chi connectivity index (χ1v) is 2.87. The van der Waals surface area contributed by atoms with E-state index in [1.165, 1.54) is 7.11 Å². The van der Waals surface area contributed by atoms with Gasteiger partial charge in [0, 0.05) is 0 Å². The average Bonchev–Trinajstić information content (AvgIpc) is 1.88. The van der Waals surface area contributed by atoms with E-state index in [1.54, 1.807) is 13.8 Å². The maximum atomic E-state index is 10.4. The lowest BCUT2D eigenvalue weighted by Crippen LogP contribution is -2.12. The Morgan fingerprint density at radius 3 is 2.60 bits per heavy atom. The Morgan fingerprint density at radius 1 is 1.60 bits per heavy atom. The quantitative estimate of drug-likeness (QED) is 0.407. The van der Waals surface area contributed by atoms with Gasteiger partial charge in [-0.25, -0.2) is 4.79 Å². The number of methoxy groups -OCH3 is 1. The highest BCUT2D eigenvalue weighted by Crippen LogP contribution is 1.90. The van der Waals surface area contributed by atoms with Crippen molar-refractivity contribution < 1.29 is 14.3 Å². The minimum Gasteiger partial charge on any atom is -0.438 e. The molecule has 56 valence electrons. The van der Waals surface area contributed by atoms with Crippen LogP contribution < -0.4 is 0 Å². The number of hydrogen-bond acceptors (Lipinski definition) is 3. The van der Waals surface area contributed by atoms with Crippen LogP contribution in [0.5, 0.6) is 0 Å². The van der Waals surface area contributed by atoms with Crippen LogP contribution >= 0.6 is 0 Å². The van der Waals surface area contributed by atoms with Gasteiger partial charge in [0.1, 0.15) is 0 Å². The maximum absolute atomic E-state index is 10.4. The van der Waals surface area contributed by atoms with E-state index in [9.17, 15) is 4.79 Å². The Balaban J connectivity index is 3.64. The summed E-state index contributed by atoms with van der Waals surface area (Å²) in [7, 11) is 1.26. The molecule has 0 aliphatic heterocycles. The molecule has 0 amide bonds. The molecule has 0 fully saturated rings. The van der Waals surface area contributed by atoms with E-state index < -0.39 is 12.3 Å². The normalized spacial score (nSPS) is 10.7. The van der Waals surface area contributed by atoms with Crippen LogP contribution in [0.15, 0.2) is 0 Å². The van der Waals surface area contributed by atoms with E-state index >= 15 is 0 Å². The highest BCUT2D eigenvalue weighted by atomic mass is 16.7. The average molecular weight is 142 g/mol. The molecule has 0 rings (SSSR count). The molecule has 0 unspecified atom stereocenters. The lowest BCUT2D eigenvalue weighted by Gasteiger charge is -2.03. The zero-order valence-corrected chi connectivity index (χ0v) is 6.30. The molecular formula is C7H10O3. The van der Waals surface area contributed by atoms with Crippen LogP contribution in [0.25, 0.3) is 0 Å². The number of carbonyl (C=O) groups excluding carboxylic acids is 1. The Kier molecular flexibility index (Phi) is 4.14. The van der Waals surface area contributed by atoms with E-state index in [1.807, 2.05) is 0 Å². The number of rotatable bonds is 1. The summed E-state index contributed by atoms with van der Waals surface area (Å²) in [5.41, 5.74) is 0. The SMILES string of the molecule is CC#C[C@@H](C)OC(=O)OC. The first-order valence-electron chi connectivity index (χ1n) is 2.87. The van der Waals surface area contributed by atoms with Gasteiger partial charge in [-0.2, -0.15) is 0 Å². The number of carbonyl (C=O) groups is 1. The molecule has 3 heteroatoms. The third-order valence-corrected chi connectivity index (χ3v) is 0.787. The fourth-order valence-electron chi connectivity index (χ4n) is 0.425. The van der Waals surface area contributed by atoms with Gasteiger partial charge in [-0.15, -0.1) is 5.92 Å². The second kappa shape index (κ2) is 4.68. The van der Waals surface area contributed by atoms with Crippen molar-refractivity contribution in [2.45, 2.75) is 20.0 Å². The Morgan fingerprint density at radius 2 is 2.20 bits per heavy atom. The number of ether oxygens (including phenoxy) is 2. The first-order chi connectivity index (χ1) is 4.70. The van der Waals surface area contributed by atoms with E-state index in [2.05, 4.69) is 21.3 Å². The summed E-state index contributed by atoms with van der Waals surface area (Å²) >= 11 is 0. The van der Waals surface area contributed by atoms with E-state index in [-0.39, 0.29) is 0 Å². The minimum atomic E-state index is -0.699. The lowest BCUT2D eigenvalue weighted by atomic mass is 10.4. The van der Waals surface area contributed by atoms with Gasteiger partial charge in [0.2, 0.25) is 0 Å². The van der Waals surface area contributed by atoms with Crippen molar-refractivity contribution in [3.05, 3.63) is 0 Å². The summed E-state index contributed by atoms with van der Waals surface area (Å²) < 4.78 is 8.84. The Labute approximate surface area is 60.3 Å². The van der Waals surface area contributed by atoms with Gasteiger partial charge in [0.15, 0.2) is 6.10 Å². The standard InChI is InChI=1S/C7H10O3/c1-4-5-6(2)10-7(8)9-3/h6H,1-3H3/t6-/m1/s1. The monoisotopic (exact) mass is 142 g/mol. The van der Waals surface area contributed by atoms with Crippen molar-refractivity contribution in [3.8, 4) is 11.8 Å². The summed E-state index contributed by atoms with van der Waals surface area (Å²) in [5.74, 6) is 5.25. The summed E-state index contributed by atoms with van der Waals surface area (Å²) in [6.45, 7) is 3.35. The van der Waals surface area contributed by atoms with Gasteiger partial charge in [0.05, 0.1) is 7.11 Å². The van der Waals surface area contributed by atoms with E-state index in [0.29, 0.717) is 0 Å². The second-order valence-electron chi connectivity index (χ2n) is 1.61. The second-order valence-corrected chi connectivity index (χ2v) is 1.61.